The van der Waals surface area contributed by atoms with Gasteiger partial charge in [0.1, 0.15) is 64.8 Å². The largest absolute Gasteiger partial charge is 0.480 e. The van der Waals surface area contributed by atoms with Crippen LogP contribution in [0.3, 0.4) is 0 Å². The van der Waals surface area contributed by atoms with Crippen molar-refractivity contribution in [3.05, 3.63) is 71.8 Å². The number of carboxylic acids is 2. The number of rotatable bonds is 27. The molecule has 0 bridgehead atoms. The summed E-state index contributed by atoms with van der Waals surface area (Å²) in [5.74, 6) is -0.580. The van der Waals surface area contributed by atoms with Gasteiger partial charge < -0.3 is 108 Å². The molecule has 776 valence electrons. The number of nitrogens with zero attached hydrogens (tertiary/aromatic N) is 8. The number of hydrogen-bond donors (Lipinski definition) is 6. The summed E-state index contributed by atoms with van der Waals surface area (Å²) in [6, 6.07) is 15.4. The maximum atomic E-state index is 13.5. The van der Waals surface area contributed by atoms with Crippen molar-refractivity contribution in [3.8, 4) is 0 Å². The number of aliphatic hydroxyl groups excluding tert-OH is 2. The Morgan fingerprint density at radius 2 is 0.630 bits per heavy atom. The number of alkyl halides is 1. The lowest BCUT2D eigenvalue weighted by Crippen LogP contribution is -2.53. The number of carbonyl (C=O) groups excluding carboxylic acids is 9. The molecule has 0 radical (unpaired) electrons. The van der Waals surface area contributed by atoms with Gasteiger partial charge >= 0.3 is 48.5 Å². The minimum absolute atomic E-state index is 0.0398. The Kier molecular flexibility index (Phi) is 56.7. The second-order valence-corrected chi connectivity index (χ2v) is 42.0. The summed E-state index contributed by atoms with van der Waals surface area (Å²) in [4.78, 5) is 142. The predicted molar refractivity (Wildman–Crippen MR) is 525 cm³/mol. The van der Waals surface area contributed by atoms with Crippen molar-refractivity contribution in [3.63, 3.8) is 0 Å². The van der Waals surface area contributed by atoms with Gasteiger partial charge in [0.2, 0.25) is 17.7 Å². The van der Waals surface area contributed by atoms with E-state index in [2.05, 4.69) is 22.6 Å². The van der Waals surface area contributed by atoms with Crippen LogP contribution in [0, 0.1) is 29.6 Å². The monoisotopic (exact) mass is 2030 g/mol. The molecule has 0 saturated carbocycles. The van der Waals surface area contributed by atoms with Gasteiger partial charge in [-0.05, 0) is 269 Å². The van der Waals surface area contributed by atoms with Gasteiger partial charge in [0, 0.05) is 139 Å². The average Bonchev–Trinajstić information content (AvgIpc) is 0.843. The number of amides is 9. The molecule has 5 heterocycles. The first kappa shape index (κ1) is 125. The Hall–Kier alpha value is -8.18. The van der Waals surface area contributed by atoms with Gasteiger partial charge in [-0.2, -0.15) is 0 Å². The van der Waals surface area contributed by atoms with Crippen molar-refractivity contribution in [1.82, 2.24) is 39.2 Å². The second kappa shape index (κ2) is 61.3. The maximum absolute atomic E-state index is 13.5. The Labute approximate surface area is 818 Å². The molecule has 9 amide bonds. The van der Waals surface area contributed by atoms with Crippen LogP contribution < -0.4 is 11.5 Å². The summed E-state index contributed by atoms with van der Waals surface area (Å²) in [5, 5.41) is 38.9. The van der Waals surface area contributed by atoms with E-state index < -0.39 is 124 Å². The van der Waals surface area contributed by atoms with Gasteiger partial charge in [-0.15, -0.1) is 0 Å². The first-order valence-corrected chi connectivity index (χ1v) is 48.5. The second-order valence-electron chi connectivity index (χ2n) is 41.1. The number of ether oxygens (including phenoxy) is 11. The quantitative estimate of drug-likeness (QED) is 0.0275. The Bertz CT molecular complexity index is 3720. The molecule has 5 aliphatic heterocycles. The summed E-state index contributed by atoms with van der Waals surface area (Å²) in [5.41, 5.74) is 9.18. The number of nitrogens with two attached hydrogens (primary N) is 2. The van der Waals surface area contributed by atoms with Gasteiger partial charge in [-0.1, -0.05) is 83.3 Å². The average molecular weight is 2030 g/mol. The summed E-state index contributed by atoms with van der Waals surface area (Å²) < 4.78 is 59.4. The number of hydrogen-bond acceptors (Lipinski definition) is 25. The number of halogens is 1. The van der Waals surface area contributed by atoms with E-state index in [1.165, 1.54) is 62.9 Å². The molecule has 7 rings (SSSR count). The molecule has 8 N–H and O–H groups in total. The molecule has 8 atom stereocenters. The van der Waals surface area contributed by atoms with E-state index in [4.69, 9.17) is 68.7 Å². The smallest absolute Gasteiger partial charge is 0.410 e. The minimum atomic E-state index is -1.06. The lowest BCUT2D eigenvalue weighted by Gasteiger charge is -2.37. The van der Waals surface area contributed by atoms with Crippen LogP contribution >= 0.6 is 22.6 Å². The molecule has 5 fully saturated rings. The third kappa shape index (κ3) is 53.5. The van der Waals surface area contributed by atoms with Crippen LogP contribution in [-0.2, 0) is 76.1 Å². The van der Waals surface area contributed by atoms with Crippen LogP contribution in [0.15, 0.2) is 60.7 Å². The topological polar surface area (TPSA) is 448 Å². The third-order valence-corrected chi connectivity index (χ3v) is 23.6. The van der Waals surface area contributed by atoms with Crippen LogP contribution in [0.1, 0.15) is 252 Å². The fourth-order valence-corrected chi connectivity index (χ4v) is 14.9. The van der Waals surface area contributed by atoms with E-state index in [-0.39, 0.29) is 48.9 Å². The zero-order chi connectivity index (χ0) is 103. The van der Waals surface area contributed by atoms with Crippen molar-refractivity contribution >= 4 is 88.8 Å². The van der Waals surface area contributed by atoms with Crippen molar-refractivity contribution in [2.24, 2.45) is 41.1 Å². The van der Waals surface area contributed by atoms with Gasteiger partial charge in [0.15, 0.2) is 0 Å². The lowest BCUT2D eigenvalue weighted by atomic mass is 9.91. The van der Waals surface area contributed by atoms with Crippen LogP contribution in [0.2, 0.25) is 0 Å². The highest BCUT2D eigenvalue weighted by Crippen LogP contribution is 2.31. The molecule has 5 aliphatic rings. The van der Waals surface area contributed by atoms with Crippen molar-refractivity contribution in [2.75, 3.05) is 147 Å². The number of likely N-dealkylation sites (N-methyl/N-ethyl adjacent to an activating group) is 8. The highest BCUT2D eigenvalue weighted by atomic mass is 127. The number of benzene rings is 2. The molecule has 37 heteroatoms. The summed E-state index contributed by atoms with van der Waals surface area (Å²) in [7, 11) is 12.6. The first-order chi connectivity index (χ1) is 62.4. The number of aliphatic carboxylic acids is 2. The number of carboxylic acid groups (broad SMARTS) is 2. The van der Waals surface area contributed by atoms with E-state index in [1.54, 1.807) is 156 Å². The van der Waals surface area contributed by atoms with Crippen LogP contribution in [0.25, 0.3) is 0 Å². The van der Waals surface area contributed by atoms with E-state index in [9.17, 15) is 68.1 Å². The van der Waals surface area contributed by atoms with Crippen molar-refractivity contribution in [1.29, 1.82) is 0 Å². The van der Waals surface area contributed by atoms with Crippen LogP contribution in [-0.4, -0.2) is 342 Å². The van der Waals surface area contributed by atoms with E-state index >= 15 is 0 Å². The number of primary amides is 1. The molecular formula is C98H171IN10O26. The standard InChI is InChI=1S/C24H38N2O5.C18H28N2O4.C14H26N2O4.C14H28N2O3.C14H25NO5.C8H15NO4.C6H11IO/c1-17(21(27)19-10-8-7-9-11-19)25(5)22(28)20(16-18-12-14-30-15-13-18)26(6)23(29)31-24(2,3)4;1-13(16(22)14-10-8-7-9-11-14)20(6)15(21)12-19(5)17(23)24-18(2,3)4;1-14(2,3)20-13(18)16(4)11(12(15)17)9-10-5-7-19-8-6-10;1-14(2,3)19-13(17)16(4)12(10-15)9-11-5-7-18-8-6-11;1-14(2,3)20-13(18)15(4)11(12(16)17)9-10-5-7-19-8-6-10;1-8(2,3)13-7(12)9(4)5-6(10)11;7-5-6-1-3-8-4-2-6/h7-11,17-18,20-21,27H,12-16H2,1-6H3;7-11,13,16,22H,12H2,1-6H3;10-11H,5-9H2,1-4H3,(H2,15,17);11-12H,5-10,15H2,1-4H3;10-11H,5-9H2,1-4H3,(H,16,17);5H2,1-4H3,(H,10,11);6H,1-5H2/t17-,20+,21+;13-,16+;11-;12-;11-;;/m11000../s1. The fourth-order valence-electron chi connectivity index (χ4n) is 14.0. The normalized spacial score (nSPS) is 17.2. The molecule has 0 aliphatic carbocycles. The van der Waals surface area contributed by atoms with Crippen LogP contribution in [0.4, 0.5) is 28.8 Å². The minimum Gasteiger partial charge on any atom is -0.480 e. The molecule has 0 spiro atoms. The van der Waals surface area contributed by atoms with Crippen molar-refractivity contribution < 1.29 is 125 Å². The zero-order valence-corrected chi connectivity index (χ0v) is 88.6. The number of carbonyl (C=O) groups is 11. The molecular weight excluding hydrogens is 1860 g/mol. The summed E-state index contributed by atoms with van der Waals surface area (Å²) >= 11 is 2.45. The summed E-state index contributed by atoms with van der Waals surface area (Å²) in [6.45, 7) is 43.4. The van der Waals surface area contributed by atoms with Gasteiger partial charge in [-0.25, -0.2) is 33.6 Å². The lowest BCUT2D eigenvalue weighted by molar-refractivity contribution is -0.143. The fraction of sp³-hybridized carbons (Fsp3) is 0.765. The molecule has 5 saturated heterocycles. The predicted octanol–water partition coefficient (Wildman–Crippen LogP) is 14.5. The van der Waals surface area contributed by atoms with Crippen molar-refractivity contribution in [2.45, 2.75) is 310 Å². The molecule has 0 unspecified atom stereocenters. The van der Waals surface area contributed by atoms with Gasteiger partial charge in [-0.3, -0.25) is 33.9 Å². The van der Waals surface area contributed by atoms with E-state index in [1.807, 2.05) is 88.4 Å². The first-order valence-electron chi connectivity index (χ1n) is 47.0. The Morgan fingerprint density at radius 1 is 0.370 bits per heavy atom. The third-order valence-electron chi connectivity index (χ3n) is 22.4. The van der Waals surface area contributed by atoms with E-state index in [0.29, 0.717) is 77.3 Å². The molecule has 0 aromatic heterocycles. The highest BCUT2D eigenvalue weighted by Gasteiger charge is 2.40. The number of aliphatic hydroxyl groups is 2. The van der Waals surface area contributed by atoms with Gasteiger partial charge in [0.25, 0.3) is 0 Å². The molecule has 2 aromatic rings. The Morgan fingerprint density at radius 3 is 0.911 bits per heavy atom. The molecule has 2 aromatic carbocycles. The summed E-state index contributed by atoms with van der Waals surface area (Å²) in [6.07, 6.45) is 7.57. The molecule has 135 heavy (non-hydrogen) atoms. The zero-order valence-electron chi connectivity index (χ0n) is 86.5. The van der Waals surface area contributed by atoms with E-state index in [0.717, 1.165) is 106 Å². The molecule has 36 nitrogen and oxygen atoms in total. The Balaban J connectivity index is 0.000000808. The SMILES string of the molecule is CN(C(=O)OC(C)(C)C)[C@@H](CC1CCOCC1)C(=O)O.CN(C(=O)OC(C)(C)C)[C@@H](CC1CCOCC1)C(N)=O.CN(C(=O)OC(C)(C)C)[C@H](CN)CC1CCOCC1.CN(CC(=O)O)C(=O)OC(C)(C)C.C[C@H]([C@H](O)c1ccccc1)N(C)C(=O)CN(C)C(=O)OC(C)(C)C.C[C@H]([C@H](O)c1ccccc1)N(C)C(=O)[C@H](CC1CCOCC1)N(C)C(=O)OC(C)(C)C.ICC1CCOCC1. The van der Waals surface area contributed by atoms with Gasteiger partial charge in [0.05, 0.1) is 24.3 Å². The maximum Gasteiger partial charge on any atom is 0.410 e. The van der Waals surface area contributed by atoms with Crippen LogP contribution in [0.5, 0.6) is 0 Å². The highest BCUT2D eigenvalue weighted by molar-refractivity contribution is 14.1.